The first kappa shape index (κ1) is 33.6. The Balaban J connectivity index is 1.79. The molecule has 45 heavy (non-hydrogen) atoms. The second-order valence-corrected chi connectivity index (χ2v) is 12.6. The molecule has 8 nitrogen and oxygen atoms in total. The molecule has 0 saturated carbocycles. The quantitative estimate of drug-likeness (QED) is 0.168. The van der Waals surface area contributed by atoms with Crippen LogP contribution in [0, 0.1) is 0 Å². The van der Waals surface area contributed by atoms with Gasteiger partial charge in [-0.05, 0) is 66.9 Å². The Hall–Kier alpha value is -4.34. The number of hydrogen-bond acceptors (Lipinski definition) is 5. The number of nitrogens with one attached hydrogen (secondary N) is 1. The molecule has 4 aromatic carbocycles. The van der Waals surface area contributed by atoms with Gasteiger partial charge in [0.1, 0.15) is 18.3 Å². The van der Waals surface area contributed by atoms with Gasteiger partial charge in [0.2, 0.25) is 11.8 Å². The van der Waals surface area contributed by atoms with Crippen molar-refractivity contribution in [2.24, 2.45) is 0 Å². The van der Waals surface area contributed by atoms with Gasteiger partial charge in [-0.3, -0.25) is 13.9 Å². The largest absolute Gasteiger partial charge is 0.494 e. The van der Waals surface area contributed by atoms with Crippen LogP contribution < -0.4 is 14.4 Å². The number of rotatable bonds is 15. The molecule has 0 radical (unpaired) electrons. The minimum atomic E-state index is -4.19. The molecule has 0 saturated heterocycles. The second kappa shape index (κ2) is 16.1. The summed E-state index contributed by atoms with van der Waals surface area (Å²) >= 11 is 6.54. The maximum absolute atomic E-state index is 14.5. The molecule has 0 heterocycles. The highest BCUT2D eigenvalue weighted by atomic mass is 35.5. The Morgan fingerprint density at radius 2 is 1.47 bits per heavy atom. The summed E-state index contributed by atoms with van der Waals surface area (Å²) in [5.41, 5.74) is 1.77. The SMILES string of the molecule is CCCNC(=O)[C@H](Cc1ccccc1)N(Cc1ccccc1Cl)C(=O)CN(c1ccc(OCC)cc1)S(=O)(=O)c1ccccc1. The van der Waals surface area contributed by atoms with Gasteiger partial charge < -0.3 is 15.0 Å². The molecule has 0 aliphatic rings. The molecule has 4 aromatic rings. The van der Waals surface area contributed by atoms with Gasteiger partial charge in [0.15, 0.2) is 0 Å². The Kier molecular flexibility index (Phi) is 12.0. The number of nitrogens with zero attached hydrogens (tertiary/aromatic N) is 2. The molecule has 236 valence electrons. The number of sulfonamides is 1. The van der Waals surface area contributed by atoms with Crippen LogP contribution in [0.5, 0.6) is 5.75 Å². The molecule has 1 N–H and O–H groups in total. The number of anilines is 1. The van der Waals surface area contributed by atoms with Crippen LogP contribution in [0.2, 0.25) is 5.02 Å². The predicted molar refractivity (Wildman–Crippen MR) is 178 cm³/mol. The molecule has 0 spiro atoms. The molecule has 0 fully saturated rings. The van der Waals surface area contributed by atoms with Crippen molar-refractivity contribution in [1.29, 1.82) is 0 Å². The second-order valence-electron chi connectivity index (χ2n) is 10.4. The van der Waals surface area contributed by atoms with Gasteiger partial charge in [0.05, 0.1) is 17.2 Å². The van der Waals surface area contributed by atoms with Crippen molar-refractivity contribution < 1.29 is 22.7 Å². The molecular formula is C35H38ClN3O5S. The highest BCUT2D eigenvalue weighted by Crippen LogP contribution is 2.27. The summed E-state index contributed by atoms with van der Waals surface area (Å²) in [6.07, 6.45) is 0.935. The minimum absolute atomic E-state index is 0.00193. The van der Waals surface area contributed by atoms with E-state index >= 15 is 0 Å². The first-order valence-electron chi connectivity index (χ1n) is 14.9. The van der Waals surface area contributed by atoms with Crippen LogP contribution >= 0.6 is 11.6 Å². The van der Waals surface area contributed by atoms with Gasteiger partial charge >= 0.3 is 0 Å². The summed E-state index contributed by atoms with van der Waals surface area (Å²) in [6.45, 7) is 4.12. The van der Waals surface area contributed by atoms with E-state index in [4.69, 9.17) is 16.3 Å². The van der Waals surface area contributed by atoms with E-state index in [2.05, 4.69) is 5.32 Å². The van der Waals surface area contributed by atoms with Gasteiger partial charge in [-0.2, -0.15) is 0 Å². The van der Waals surface area contributed by atoms with E-state index < -0.39 is 28.5 Å². The molecule has 2 amide bonds. The maximum Gasteiger partial charge on any atom is 0.264 e. The first-order valence-corrected chi connectivity index (χ1v) is 16.7. The zero-order valence-electron chi connectivity index (χ0n) is 25.4. The van der Waals surface area contributed by atoms with E-state index in [0.29, 0.717) is 35.9 Å². The molecule has 0 aliphatic carbocycles. The fourth-order valence-corrected chi connectivity index (χ4v) is 6.48. The number of amides is 2. The van der Waals surface area contributed by atoms with Crippen LogP contribution in [0.3, 0.4) is 0 Å². The lowest BCUT2D eigenvalue weighted by Gasteiger charge is -2.34. The highest BCUT2D eigenvalue weighted by molar-refractivity contribution is 7.92. The van der Waals surface area contributed by atoms with Gasteiger partial charge in [-0.15, -0.1) is 0 Å². The summed E-state index contributed by atoms with van der Waals surface area (Å²) in [6, 6.07) is 30.0. The van der Waals surface area contributed by atoms with Gasteiger partial charge in [0, 0.05) is 24.5 Å². The number of halogens is 1. The topological polar surface area (TPSA) is 96.0 Å². The lowest BCUT2D eigenvalue weighted by Crippen LogP contribution is -2.53. The Labute approximate surface area is 270 Å². The van der Waals surface area contributed by atoms with Gasteiger partial charge in [-0.25, -0.2) is 8.42 Å². The summed E-state index contributed by atoms with van der Waals surface area (Å²) in [5.74, 6) is -0.323. The molecule has 4 rings (SSSR count). The number of hydrogen-bond donors (Lipinski definition) is 1. The van der Waals surface area contributed by atoms with Crippen molar-refractivity contribution >= 4 is 39.1 Å². The van der Waals surface area contributed by atoms with E-state index in [0.717, 1.165) is 9.87 Å². The molecule has 1 atom stereocenters. The summed E-state index contributed by atoms with van der Waals surface area (Å²) in [5, 5.41) is 3.37. The van der Waals surface area contributed by atoms with Gasteiger partial charge in [0.25, 0.3) is 10.0 Å². The van der Waals surface area contributed by atoms with E-state index in [-0.39, 0.29) is 29.5 Å². The third-order valence-corrected chi connectivity index (χ3v) is 9.32. The van der Waals surface area contributed by atoms with Crippen LogP contribution in [0.4, 0.5) is 5.69 Å². The monoisotopic (exact) mass is 647 g/mol. The third-order valence-electron chi connectivity index (χ3n) is 7.16. The van der Waals surface area contributed by atoms with Crippen molar-refractivity contribution in [2.45, 2.75) is 44.2 Å². The Bertz CT molecular complexity index is 1650. The number of ether oxygens (including phenoxy) is 1. The van der Waals surface area contributed by atoms with Crippen LogP contribution in [0.1, 0.15) is 31.4 Å². The standard InChI is InChI=1S/C35H38ClN3O5S/c1-3-23-37-35(41)33(24-27-13-7-5-8-14-27)38(25-28-15-11-12-18-32(28)36)34(40)26-39(29-19-21-30(22-20-29)44-4-2)45(42,43)31-16-9-6-10-17-31/h5-22,33H,3-4,23-26H2,1-2H3,(H,37,41)/t33-/m0/s1. The van der Waals surface area contributed by atoms with Gasteiger partial charge in [-0.1, -0.05) is 85.3 Å². The molecule has 10 heteroatoms. The molecule has 0 unspecified atom stereocenters. The van der Waals surface area contributed by atoms with Crippen molar-refractivity contribution in [3.8, 4) is 5.75 Å². The van der Waals surface area contributed by atoms with Crippen molar-refractivity contribution in [3.63, 3.8) is 0 Å². The molecule has 0 bridgehead atoms. The normalized spacial score (nSPS) is 11.8. The lowest BCUT2D eigenvalue weighted by atomic mass is 10.0. The summed E-state index contributed by atoms with van der Waals surface area (Å²) in [4.78, 5) is 29.7. The zero-order valence-corrected chi connectivity index (χ0v) is 27.0. The van der Waals surface area contributed by atoms with E-state index in [1.165, 1.54) is 17.0 Å². The summed E-state index contributed by atoms with van der Waals surface area (Å²) in [7, 11) is -4.19. The summed E-state index contributed by atoms with van der Waals surface area (Å²) < 4.78 is 34.8. The first-order chi connectivity index (χ1) is 21.7. The highest BCUT2D eigenvalue weighted by Gasteiger charge is 2.34. The molecule has 0 aliphatic heterocycles. The smallest absolute Gasteiger partial charge is 0.264 e. The average Bonchev–Trinajstić information content (AvgIpc) is 3.06. The van der Waals surface area contributed by atoms with Crippen LogP contribution in [0.25, 0.3) is 0 Å². The number of carbonyl (C=O) groups is 2. The fraction of sp³-hybridized carbons (Fsp3) is 0.257. The molecule has 0 aromatic heterocycles. The Morgan fingerprint density at radius 1 is 0.844 bits per heavy atom. The van der Waals surface area contributed by atoms with Crippen LogP contribution in [0.15, 0.2) is 114 Å². The van der Waals surface area contributed by atoms with E-state index in [1.807, 2.05) is 44.2 Å². The Morgan fingerprint density at radius 3 is 2.09 bits per heavy atom. The van der Waals surface area contributed by atoms with E-state index in [9.17, 15) is 18.0 Å². The minimum Gasteiger partial charge on any atom is -0.494 e. The van der Waals surface area contributed by atoms with Crippen LogP contribution in [-0.2, 0) is 32.6 Å². The maximum atomic E-state index is 14.5. The predicted octanol–water partition coefficient (Wildman–Crippen LogP) is 6.10. The molecular weight excluding hydrogens is 610 g/mol. The van der Waals surface area contributed by atoms with Crippen molar-refractivity contribution in [3.05, 3.63) is 125 Å². The van der Waals surface area contributed by atoms with Crippen LogP contribution in [-0.4, -0.2) is 50.9 Å². The fourth-order valence-electron chi connectivity index (χ4n) is 4.85. The zero-order chi connectivity index (χ0) is 32.2. The number of benzene rings is 4. The lowest BCUT2D eigenvalue weighted by molar-refractivity contribution is -0.140. The van der Waals surface area contributed by atoms with Crippen molar-refractivity contribution in [2.75, 3.05) is 24.0 Å². The van der Waals surface area contributed by atoms with Crippen molar-refractivity contribution in [1.82, 2.24) is 10.2 Å². The number of carbonyl (C=O) groups excluding carboxylic acids is 2. The third kappa shape index (κ3) is 8.86. The van der Waals surface area contributed by atoms with E-state index in [1.54, 1.807) is 66.7 Å². The average molecular weight is 648 g/mol.